The number of ether oxygens (including phenoxy) is 1. The summed E-state index contributed by atoms with van der Waals surface area (Å²) in [5.41, 5.74) is 6.18. The molecule has 2 aromatic rings. The molecule has 108 valence electrons. The summed E-state index contributed by atoms with van der Waals surface area (Å²) >= 11 is 17.0. The molecule has 0 saturated carbocycles. The van der Waals surface area contributed by atoms with Crippen LogP contribution in [0.1, 0.15) is 24.3 Å². The molecule has 2 unspecified atom stereocenters. The molecule has 20 heavy (non-hydrogen) atoms. The first kappa shape index (κ1) is 16.1. The minimum atomic E-state index is -0.200. The molecule has 0 amide bonds. The molecule has 0 bridgehead atoms. The van der Waals surface area contributed by atoms with Gasteiger partial charge in [-0.15, -0.1) is 11.3 Å². The molecule has 0 aliphatic rings. The molecule has 1 aromatic carbocycles. The predicted molar refractivity (Wildman–Crippen MR) is 90.1 cm³/mol. The lowest BCUT2D eigenvalue weighted by Gasteiger charge is -2.23. The van der Waals surface area contributed by atoms with E-state index in [0.717, 1.165) is 15.1 Å². The molecule has 0 spiro atoms. The van der Waals surface area contributed by atoms with Gasteiger partial charge in [-0.05, 0) is 46.6 Å². The van der Waals surface area contributed by atoms with Gasteiger partial charge in [0.2, 0.25) is 0 Å². The Morgan fingerprint density at radius 1 is 1.25 bits per heavy atom. The summed E-state index contributed by atoms with van der Waals surface area (Å²) in [7, 11) is 0. The van der Waals surface area contributed by atoms with Gasteiger partial charge < -0.3 is 10.5 Å². The topological polar surface area (TPSA) is 35.2 Å². The van der Waals surface area contributed by atoms with E-state index in [2.05, 4.69) is 15.9 Å². The molecule has 0 radical (unpaired) electrons. The lowest BCUT2D eigenvalue weighted by Crippen LogP contribution is -2.30. The Balaban J connectivity index is 2.25. The van der Waals surface area contributed by atoms with Crippen LogP contribution >= 0.6 is 50.5 Å². The fraction of sp³-hybridized carbons (Fsp3) is 0.286. The highest BCUT2D eigenvalue weighted by Crippen LogP contribution is 2.34. The Labute approximate surface area is 141 Å². The second kappa shape index (κ2) is 7.14. The van der Waals surface area contributed by atoms with E-state index in [1.807, 2.05) is 19.1 Å². The summed E-state index contributed by atoms with van der Waals surface area (Å²) < 4.78 is 7.08. The van der Waals surface area contributed by atoms with E-state index >= 15 is 0 Å². The highest BCUT2D eigenvalue weighted by atomic mass is 79.9. The maximum Gasteiger partial charge on any atom is 0.148 e. The third kappa shape index (κ3) is 3.89. The second-order valence-corrected chi connectivity index (χ2v) is 7.64. The first-order chi connectivity index (χ1) is 9.51. The number of benzene rings is 1. The normalized spacial score (nSPS) is 14.1. The summed E-state index contributed by atoms with van der Waals surface area (Å²) in [5, 5.41) is 0.981. The van der Waals surface area contributed by atoms with Crippen LogP contribution in [0, 0.1) is 0 Å². The van der Waals surface area contributed by atoms with Crippen molar-refractivity contribution in [3.05, 3.63) is 49.0 Å². The predicted octanol–water partition coefficient (Wildman–Crippen LogP) is 5.67. The van der Waals surface area contributed by atoms with Crippen LogP contribution in [0.3, 0.4) is 0 Å². The smallest absolute Gasteiger partial charge is 0.148 e. The van der Waals surface area contributed by atoms with Crippen molar-refractivity contribution < 1.29 is 4.74 Å². The van der Waals surface area contributed by atoms with E-state index in [-0.39, 0.29) is 12.1 Å². The first-order valence-electron chi connectivity index (χ1n) is 6.13. The van der Waals surface area contributed by atoms with Crippen molar-refractivity contribution in [1.29, 1.82) is 0 Å². The SMILES string of the molecule is CCC(N)C(Oc1ccc(Cl)c(Cl)c1)c1ccc(Br)s1. The molecule has 1 heterocycles. The van der Waals surface area contributed by atoms with Gasteiger partial charge in [-0.25, -0.2) is 0 Å². The number of hydrogen-bond acceptors (Lipinski definition) is 3. The van der Waals surface area contributed by atoms with E-state index in [1.165, 1.54) is 0 Å². The maximum atomic E-state index is 6.18. The molecule has 2 atom stereocenters. The fourth-order valence-corrected chi connectivity index (χ4v) is 3.57. The molecule has 0 aliphatic carbocycles. The molecule has 0 saturated heterocycles. The van der Waals surface area contributed by atoms with Crippen LogP contribution in [0.15, 0.2) is 34.1 Å². The van der Waals surface area contributed by atoms with Crippen LogP contribution in [0.5, 0.6) is 5.75 Å². The van der Waals surface area contributed by atoms with Crippen molar-refractivity contribution in [2.24, 2.45) is 5.73 Å². The molecule has 0 fully saturated rings. The van der Waals surface area contributed by atoms with Crippen molar-refractivity contribution in [1.82, 2.24) is 0 Å². The van der Waals surface area contributed by atoms with E-state index < -0.39 is 0 Å². The monoisotopic (exact) mass is 393 g/mol. The number of thiophene rings is 1. The first-order valence-corrected chi connectivity index (χ1v) is 8.50. The third-order valence-corrected chi connectivity index (χ3v) is 5.31. The Morgan fingerprint density at radius 3 is 2.55 bits per heavy atom. The standard InChI is InChI=1S/C14H14BrCl2NOS/c1-2-11(18)14(12-5-6-13(15)20-12)19-8-3-4-9(16)10(17)7-8/h3-7,11,14H,2,18H2,1H3. The van der Waals surface area contributed by atoms with Crippen molar-refractivity contribution in [2.45, 2.75) is 25.5 Å². The van der Waals surface area contributed by atoms with Gasteiger partial charge in [-0.2, -0.15) is 0 Å². The van der Waals surface area contributed by atoms with E-state index in [1.54, 1.807) is 29.5 Å². The van der Waals surface area contributed by atoms with Crippen LogP contribution in [0.2, 0.25) is 10.0 Å². The maximum absolute atomic E-state index is 6.18. The largest absolute Gasteiger partial charge is 0.483 e. The highest BCUT2D eigenvalue weighted by molar-refractivity contribution is 9.11. The summed E-state index contributed by atoms with van der Waals surface area (Å²) in [6.07, 6.45) is 0.621. The summed E-state index contributed by atoms with van der Waals surface area (Å²) in [6.45, 7) is 2.04. The van der Waals surface area contributed by atoms with Crippen molar-refractivity contribution >= 4 is 50.5 Å². The van der Waals surface area contributed by atoms with Gasteiger partial charge in [-0.3, -0.25) is 0 Å². The van der Waals surface area contributed by atoms with Crippen LogP contribution in [0.4, 0.5) is 0 Å². The van der Waals surface area contributed by atoms with Crippen LogP contribution < -0.4 is 10.5 Å². The summed E-state index contributed by atoms with van der Waals surface area (Å²) in [5.74, 6) is 0.665. The van der Waals surface area contributed by atoms with E-state index in [9.17, 15) is 0 Å². The summed E-state index contributed by atoms with van der Waals surface area (Å²) in [6, 6.07) is 9.15. The number of hydrogen-bond donors (Lipinski definition) is 1. The van der Waals surface area contributed by atoms with Gasteiger partial charge in [-0.1, -0.05) is 30.1 Å². The zero-order chi connectivity index (χ0) is 14.7. The van der Waals surface area contributed by atoms with Crippen LogP contribution in [0.25, 0.3) is 0 Å². The average Bonchev–Trinajstić information content (AvgIpc) is 2.85. The zero-order valence-electron chi connectivity index (χ0n) is 10.8. The van der Waals surface area contributed by atoms with Gasteiger partial charge in [0.15, 0.2) is 0 Å². The Hall–Kier alpha value is -0.260. The zero-order valence-corrected chi connectivity index (χ0v) is 14.7. The molecule has 2 N–H and O–H groups in total. The number of rotatable bonds is 5. The molecule has 2 nitrogen and oxygen atoms in total. The van der Waals surface area contributed by atoms with Gasteiger partial charge in [0.1, 0.15) is 11.9 Å². The van der Waals surface area contributed by atoms with Gasteiger partial charge in [0, 0.05) is 17.0 Å². The second-order valence-electron chi connectivity index (χ2n) is 4.33. The number of nitrogens with two attached hydrogens (primary N) is 1. The van der Waals surface area contributed by atoms with Crippen molar-refractivity contribution in [2.75, 3.05) is 0 Å². The van der Waals surface area contributed by atoms with E-state index in [0.29, 0.717) is 15.8 Å². The quantitative estimate of drug-likeness (QED) is 0.708. The minimum absolute atomic E-state index is 0.0880. The molecular formula is C14H14BrCl2NOS. The third-order valence-electron chi connectivity index (χ3n) is 2.89. The minimum Gasteiger partial charge on any atom is -0.483 e. The Kier molecular flexibility index (Phi) is 5.75. The van der Waals surface area contributed by atoms with Gasteiger partial charge in [0.25, 0.3) is 0 Å². The Bertz CT molecular complexity index is 590. The van der Waals surface area contributed by atoms with Crippen LogP contribution in [-0.2, 0) is 0 Å². The lowest BCUT2D eigenvalue weighted by atomic mass is 10.1. The van der Waals surface area contributed by atoms with Crippen molar-refractivity contribution in [3.63, 3.8) is 0 Å². The molecular weight excluding hydrogens is 381 g/mol. The average molecular weight is 395 g/mol. The molecule has 0 aliphatic heterocycles. The van der Waals surface area contributed by atoms with Gasteiger partial charge in [0.05, 0.1) is 13.8 Å². The van der Waals surface area contributed by atoms with Crippen LogP contribution in [-0.4, -0.2) is 6.04 Å². The molecule has 2 rings (SSSR count). The lowest BCUT2D eigenvalue weighted by molar-refractivity contribution is 0.174. The highest BCUT2D eigenvalue weighted by Gasteiger charge is 2.22. The van der Waals surface area contributed by atoms with Gasteiger partial charge >= 0.3 is 0 Å². The Morgan fingerprint density at radius 2 is 2.00 bits per heavy atom. The fourth-order valence-electron chi connectivity index (χ4n) is 1.75. The van der Waals surface area contributed by atoms with E-state index in [4.69, 9.17) is 33.7 Å². The number of halogens is 3. The van der Waals surface area contributed by atoms with Crippen molar-refractivity contribution in [3.8, 4) is 5.75 Å². The summed E-state index contributed by atoms with van der Waals surface area (Å²) in [4.78, 5) is 1.08. The molecule has 1 aromatic heterocycles. The molecule has 6 heteroatoms.